The lowest BCUT2D eigenvalue weighted by atomic mass is 10.1. The van der Waals surface area contributed by atoms with Crippen LogP contribution in [0.2, 0.25) is 0 Å². The number of amides is 1. The molecule has 2 heterocycles. The van der Waals surface area contributed by atoms with Crippen molar-refractivity contribution in [2.24, 2.45) is 5.73 Å². The highest BCUT2D eigenvalue weighted by Gasteiger charge is 2.15. The van der Waals surface area contributed by atoms with Crippen molar-refractivity contribution in [3.05, 3.63) is 68.6 Å². The van der Waals surface area contributed by atoms with Crippen molar-refractivity contribution in [2.45, 2.75) is 6.54 Å². The summed E-state index contributed by atoms with van der Waals surface area (Å²) < 4.78 is 2.80. The molecule has 0 radical (unpaired) electrons. The Morgan fingerprint density at radius 2 is 2.12 bits per heavy atom. The monoisotopic (exact) mass is 389 g/mol. The molecule has 0 saturated heterocycles. The molecule has 8 nitrogen and oxygen atoms in total. The van der Waals surface area contributed by atoms with E-state index in [4.69, 9.17) is 5.73 Å². The van der Waals surface area contributed by atoms with E-state index in [0.717, 1.165) is 21.9 Å². The van der Waals surface area contributed by atoms with Gasteiger partial charge in [-0.25, -0.2) is 4.98 Å². The van der Waals surface area contributed by atoms with Gasteiger partial charge < -0.3 is 15.5 Å². The quantitative estimate of drug-likeness (QED) is 0.513. The summed E-state index contributed by atoms with van der Waals surface area (Å²) in [5.74, 6) is -0.736. The van der Waals surface area contributed by atoms with Crippen LogP contribution in [-0.4, -0.2) is 20.2 Å². The Bertz CT molecular complexity index is 953. The van der Waals surface area contributed by atoms with E-state index in [1.54, 1.807) is 0 Å². The van der Waals surface area contributed by atoms with E-state index in [2.05, 4.69) is 26.2 Å². The number of carbonyl (C=O) groups is 1. The van der Waals surface area contributed by atoms with Crippen molar-refractivity contribution in [3.63, 3.8) is 0 Å². The van der Waals surface area contributed by atoms with E-state index in [9.17, 15) is 14.9 Å². The largest absolute Gasteiger partial charge is 0.379 e. The zero-order valence-electron chi connectivity index (χ0n) is 12.3. The first-order valence-corrected chi connectivity index (χ1v) is 7.68. The van der Waals surface area contributed by atoms with Crippen LogP contribution in [0, 0.1) is 10.1 Å². The van der Waals surface area contributed by atoms with Gasteiger partial charge >= 0.3 is 0 Å². The van der Waals surface area contributed by atoms with Gasteiger partial charge in [0.25, 0.3) is 11.6 Å². The van der Waals surface area contributed by atoms with Gasteiger partial charge in [-0.15, -0.1) is 0 Å². The maximum Gasteiger partial charge on any atom is 0.270 e. The minimum atomic E-state index is -0.736. The second kappa shape index (κ2) is 6.28. The van der Waals surface area contributed by atoms with E-state index < -0.39 is 10.8 Å². The SMILES string of the molecule is NC(=O)c1cc([N+](=O)[O-])ccc1NCc1cn2cc(Br)ccc2n1. The second-order valence-electron chi connectivity index (χ2n) is 5.05. The van der Waals surface area contributed by atoms with Crippen LogP contribution in [0.4, 0.5) is 11.4 Å². The molecule has 0 unspecified atom stereocenters. The molecule has 24 heavy (non-hydrogen) atoms. The van der Waals surface area contributed by atoms with Crippen LogP contribution in [0.3, 0.4) is 0 Å². The number of nitrogens with zero attached hydrogens (tertiary/aromatic N) is 3. The van der Waals surface area contributed by atoms with Crippen molar-refractivity contribution in [3.8, 4) is 0 Å². The van der Waals surface area contributed by atoms with Crippen molar-refractivity contribution in [2.75, 3.05) is 5.32 Å². The molecule has 0 bridgehead atoms. The fraction of sp³-hybridized carbons (Fsp3) is 0.0667. The molecule has 0 aliphatic heterocycles. The van der Waals surface area contributed by atoms with Crippen molar-refractivity contribution in [1.29, 1.82) is 0 Å². The van der Waals surface area contributed by atoms with Crippen LogP contribution in [0.25, 0.3) is 5.65 Å². The number of primary amides is 1. The van der Waals surface area contributed by atoms with Gasteiger partial charge in [0.15, 0.2) is 0 Å². The Hall–Kier alpha value is -2.94. The van der Waals surface area contributed by atoms with Gasteiger partial charge in [0.05, 0.1) is 22.7 Å². The number of imidazole rings is 1. The van der Waals surface area contributed by atoms with Crippen molar-refractivity contribution in [1.82, 2.24) is 9.38 Å². The molecule has 0 spiro atoms. The molecule has 9 heteroatoms. The summed E-state index contributed by atoms with van der Waals surface area (Å²) in [4.78, 5) is 26.2. The van der Waals surface area contributed by atoms with Gasteiger partial charge in [-0.1, -0.05) is 0 Å². The molecule has 0 atom stereocenters. The molecule has 3 rings (SSSR count). The first-order valence-electron chi connectivity index (χ1n) is 6.89. The number of nitro groups is 1. The summed E-state index contributed by atoms with van der Waals surface area (Å²) in [6, 6.07) is 7.70. The van der Waals surface area contributed by atoms with Crippen LogP contribution in [0.15, 0.2) is 47.2 Å². The van der Waals surface area contributed by atoms with Gasteiger partial charge in [-0.3, -0.25) is 14.9 Å². The van der Waals surface area contributed by atoms with Gasteiger partial charge in [0.2, 0.25) is 0 Å². The average Bonchev–Trinajstić information content (AvgIpc) is 2.94. The predicted octanol–water partition coefficient (Wildman–Crippen LogP) is 2.72. The Morgan fingerprint density at radius 3 is 2.83 bits per heavy atom. The van der Waals surface area contributed by atoms with E-state index in [1.807, 2.05) is 28.9 Å². The van der Waals surface area contributed by atoms with E-state index in [0.29, 0.717) is 12.2 Å². The summed E-state index contributed by atoms with van der Waals surface area (Å²) >= 11 is 3.39. The number of hydrogen-bond donors (Lipinski definition) is 2. The summed E-state index contributed by atoms with van der Waals surface area (Å²) in [7, 11) is 0. The van der Waals surface area contributed by atoms with E-state index in [-0.39, 0.29) is 11.3 Å². The number of pyridine rings is 1. The first kappa shape index (κ1) is 15.9. The fourth-order valence-electron chi connectivity index (χ4n) is 2.29. The molecule has 122 valence electrons. The lowest BCUT2D eigenvalue weighted by molar-refractivity contribution is -0.384. The number of carbonyl (C=O) groups excluding carboxylic acids is 1. The van der Waals surface area contributed by atoms with Crippen LogP contribution < -0.4 is 11.1 Å². The highest BCUT2D eigenvalue weighted by atomic mass is 79.9. The maximum atomic E-state index is 11.5. The minimum absolute atomic E-state index is 0.0655. The van der Waals surface area contributed by atoms with Gasteiger partial charge in [0, 0.05) is 34.7 Å². The zero-order chi connectivity index (χ0) is 17.3. The molecule has 0 fully saturated rings. The number of aromatic nitrogens is 2. The number of fused-ring (bicyclic) bond motifs is 1. The molecule has 3 N–H and O–H groups in total. The predicted molar refractivity (Wildman–Crippen MR) is 91.8 cm³/mol. The van der Waals surface area contributed by atoms with Gasteiger partial charge in [-0.2, -0.15) is 0 Å². The number of nitro benzene ring substituents is 1. The summed E-state index contributed by atoms with van der Waals surface area (Å²) in [5, 5.41) is 13.9. The lowest BCUT2D eigenvalue weighted by Crippen LogP contribution is -2.15. The Morgan fingerprint density at radius 1 is 1.33 bits per heavy atom. The molecule has 0 aliphatic rings. The van der Waals surface area contributed by atoms with Crippen LogP contribution >= 0.6 is 15.9 Å². The molecular formula is C15H12BrN5O3. The topological polar surface area (TPSA) is 116 Å². The number of nitrogens with one attached hydrogen (secondary N) is 1. The molecule has 0 saturated carbocycles. The van der Waals surface area contributed by atoms with E-state index in [1.165, 1.54) is 12.1 Å². The molecule has 3 aromatic rings. The van der Waals surface area contributed by atoms with Crippen LogP contribution in [0.1, 0.15) is 16.1 Å². The Kier molecular flexibility index (Phi) is 4.17. The van der Waals surface area contributed by atoms with E-state index >= 15 is 0 Å². The fourth-order valence-corrected chi connectivity index (χ4v) is 2.64. The maximum absolute atomic E-state index is 11.5. The Labute approximate surface area is 144 Å². The first-order chi connectivity index (χ1) is 11.4. The number of halogens is 1. The number of anilines is 1. The number of rotatable bonds is 5. The zero-order valence-corrected chi connectivity index (χ0v) is 13.9. The third kappa shape index (κ3) is 3.20. The third-order valence-electron chi connectivity index (χ3n) is 3.40. The third-order valence-corrected chi connectivity index (χ3v) is 3.87. The van der Waals surface area contributed by atoms with Crippen molar-refractivity contribution >= 4 is 38.9 Å². The average molecular weight is 390 g/mol. The summed E-state index contributed by atoms with van der Waals surface area (Å²) in [6.45, 7) is 0.345. The number of benzene rings is 1. The highest BCUT2D eigenvalue weighted by Crippen LogP contribution is 2.22. The number of nitrogens with two attached hydrogens (primary N) is 1. The van der Waals surface area contributed by atoms with Crippen LogP contribution in [-0.2, 0) is 6.54 Å². The number of hydrogen-bond acceptors (Lipinski definition) is 5. The molecule has 0 aliphatic carbocycles. The van der Waals surface area contributed by atoms with Gasteiger partial charge in [0.1, 0.15) is 5.65 Å². The summed E-state index contributed by atoms with van der Waals surface area (Å²) in [6.07, 6.45) is 3.73. The second-order valence-corrected chi connectivity index (χ2v) is 5.97. The normalized spacial score (nSPS) is 10.7. The molecule has 2 aromatic heterocycles. The number of non-ortho nitro benzene ring substituents is 1. The van der Waals surface area contributed by atoms with Gasteiger partial charge in [-0.05, 0) is 34.1 Å². The Balaban J connectivity index is 1.84. The molecular weight excluding hydrogens is 378 g/mol. The minimum Gasteiger partial charge on any atom is -0.379 e. The highest BCUT2D eigenvalue weighted by molar-refractivity contribution is 9.10. The molecule has 1 amide bonds. The smallest absolute Gasteiger partial charge is 0.270 e. The van der Waals surface area contributed by atoms with Crippen molar-refractivity contribution < 1.29 is 9.72 Å². The van der Waals surface area contributed by atoms with Crippen LogP contribution in [0.5, 0.6) is 0 Å². The standard InChI is InChI=1S/C15H12BrN5O3/c16-9-1-4-14-19-10(8-20(14)7-9)6-18-13-3-2-11(21(23)24)5-12(13)15(17)22/h1-5,7-8,18H,6H2,(H2,17,22). The lowest BCUT2D eigenvalue weighted by Gasteiger charge is -2.08. The summed E-state index contributed by atoms with van der Waals surface area (Å²) in [5.41, 5.74) is 7.14. The molecule has 1 aromatic carbocycles.